The van der Waals surface area contributed by atoms with E-state index in [4.69, 9.17) is 0 Å². The summed E-state index contributed by atoms with van der Waals surface area (Å²) in [6.45, 7) is 5.28. The maximum absolute atomic E-state index is 12.5. The number of amides is 2. The highest BCUT2D eigenvalue weighted by Gasteiger charge is 2.27. The molecule has 1 unspecified atom stereocenters. The van der Waals surface area contributed by atoms with Crippen LogP contribution in [0.5, 0.6) is 0 Å². The maximum atomic E-state index is 12.5. The van der Waals surface area contributed by atoms with Crippen LogP contribution in [0.25, 0.3) is 0 Å². The molecule has 6 nitrogen and oxygen atoms in total. The van der Waals surface area contributed by atoms with Crippen molar-refractivity contribution in [3.8, 4) is 0 Å². The third-order valence-corrected chi connectivity index (χ3v) is 5.05. The van der Waals surface area contributed by atoms with Gasteiger partial charge < -0.3 is 15.2 Å². The van der Waals surface area contributed by atoms with Crippen molar-refractivity contribution in [1.82, 2.24) is 15.2 Å². The second kappa shape index (κ2) is 6.79. The van der Waals surface area contributed by atoms with Crippen LogP contribution in [0.3, 0.4) is 0 Å². The Labute approximate surface area is 142 Å². The summed E-state index contributed by atoms with van der Waals surface area (Å²) in [5, 5.41) is 2.98. The number of carbonyl (C=O) groups excluding carboxylic acids is 3. The number of nitrogens with one attached hydrogen (secondary N) is 2. The fourth-order valence-corrected chi connectivity index (χ4v) is 3.66. The monoisotopic (exact) mass is 331 g/mol. The number of aromatic amines is 1. The van der Waals surface area contributed by atoms with Gasteiger partial charge in [-0.05, 0) is 45.1 Å². The Bertz CT molecular complexity index is 677. The van der Waals surface area contributed by atoms with E-state index in [0.717, 1.165) is 43.5 Å². The number of aromatic nitrogens is 1. The molecule has 0 spiro atoms. The third kappa shape index (κ3) is 3.23. The van der Waals surface area contributed by atoms with Gasteiger partial charge in [0.15, 0.2) is 5.78 Å². The first kappa shape index (κ1) is 16.7. The number of rotatable bonds is 5. The normalized spacial score (nSPS) is 18.7. The topological polar surface area (TPSA) is 82.3 Å². The van der Waals surface area contributed by atoms with Crippen molar-refractivity contribution in [2.75, 3.05) is 13.1 Å². The zero-order valence-corrected chi connectivity index (χ0v) is 14.4. The van der Waals surface area contributed by atoms with Crippen LogP contribution in [-0.2, 0) is 11.2 Å². The smallest absolute Gasteiger partial charge is 0.268 e. The van der Waals surface area contributed by atoms with Crippen molar-refractivity contribution in [2.45, 2.75) is 58.4 Å². The summed E-state index contributed by atoms with van der Waals surface area (Å²) in [4.78, 5) is 41.2. The molecule has 0 radical (unpaired) electrons. The zero-order valence-electron chi connectivity index (χ0n) is 14.4. The third-order valence-electron chi connectivity index (χ3n) is 5.05. The van der Waals surface area contributed by atoms with E-state index in [0.29, 0.717) is 30.6 Å². The van der Waals surface area contributed by atoms with Gasteiger partial charge in [0.1, 0.15) is 5.69 Å². The number of aryl methyl sites for hydroxylation is 1. The lowest BCUT2D eigenvalue weighted by atomic mass is 9.94. The van der Waals surface area contributed by atoms with Gasteiger partial charge in [0.2, 0.25) is 5.91 Å². The lowest BCUT2D eigenvalue weighted by Crippen LogP contribution is -2.37. The molecule has 24 heavy (non-hydrogen) atoms. The SMILES string of the molecule is Cc1c(C(=O)NC(C)CCN2CCCC2=O)[nH]c2c1C(=O)CCC2. The molecule has 1 aliphatic heterocycles. The summed E-state index contributed by atoms with van der Waals surface area (Å²) >= 11 is 0. The molecule has 1 aliphatic carbocycles. The number of nitrogens with zero attached hydrogens (tertiary/aromatic N) is 1. The van der Waals surface area contributed by atoms with Gasteiger partial charge in [0.25, 0.3) is 5.91 Å². The number of carbonyl (C=O) groups is 3. The van der Waals surface area contributed by atoms with Crippen molar-refractivity contribution in [2.24, 2.45) is 0 Å². The van der Waals surface area contributed by atoms with E-state index >= 15 is 0 Å². The highest BCUT2D eigenvalue weighted by Crippen LogP contribution is 2.26. The van der Waals surface area contributed by atoms with E-state index in [9.17, 15) is 14.4 Å². The fraction of sp³-hybridized carbons (Fsp3) is 0.611. The molecule has 2 heterocycles. The molecule has 0 saturated carbocycles. The van der Waals surface area contributed by atoms with E-state index in [1.807, 2.05) is 18.7 Å². The lowest BCUT2D eigenvalue weighted by molar-refractivity contribution is -0.127. The molecule has 1 atom stereocenters. The number of hydrogen-bond acceptors (Lipinski definition) is 3. The van der Waals surface area contributed by atoms with E-state index < -0.39 is 0 Å². The number of hydrogen-bond donors (Lipinski definition) is 2. The predicted octanol–water partition coefficient (Wildman–Crippen LogP) is 1.97. The molecule has 130 valence electrons. The minimum Gasteiger partial charge on any atom is -0.354 e. The molecule has 3 rings (SSSR count). The van der Waals surface area contributed by atoms with Gasteiger partial charge in [0, 0.05) is 43.2 Å². The van der Waals surface area contributed by atoms with Crippen LogP contribution in [-0.4, -0.2) is 46.6 Å². The Morgan fingerprint density at radius 1 is 1.25 bits per heavy atom. The fourth-order valence-electron chi connectivity index (χ4n) is 3.66. The molecule has 1 aromatic heterocycles. The van der Waals surface area contributed by atoms with Gasteiger partial charge in [-0.2, -0.15) is 0 Å². The van der Waals surface area contributed by atoms with Crippen LogP contribution in [0.4, 0.5) is 0 Å². The summed E-state index contributed by atoms with van der Waals surface area (Å²) in [6, 6.07) is -0.0265. The summed E-state index contributed by atoms with van der Waals surface area (Å²) in [5.41, 5.74) is 2.86. The molecular weight excluding hydrogens is 306 g/mol. The average Bonchev–Trinajstić information content (AvgIpc) is 3.09. The Balaban J connectivity index is 1.60. The summed E-state index contributed by atoms with van der Waals surface area (Å²) in [6.07, 6.45) is 4.53. The standard InChI is InChI=1S/C18H25N3O3/c1-11(8-10-21-9-4-7-15(21)23)19-18(24)17-12(2)16-13(20-17)5-3-6-14(16)22/h11,20H,3-10H2,1-2H3,(H,19,24). The van der Waals surface area contributed by atoms with Crippen LogP contribution in [0.2, 0.25) is 0 Å². The van der Waals surface area contributed by atoms with Gasteiger partial charge in [-0.15, -0.1) is 0 Å². The molecule has 6 heteroatoms. The maximum Gasteiger partial charge on any atom is 0.268 e. The van der Waals surface area contributed by atoms with Crippen molar-refractivity contribution in [3.05, 3.63) is 22.5 Å². The molecule has 0 aromatic carbocycles. The molecule has 1 aromatic rings. The summed E-state index contributed by atoms with van der Waals surface area (Å²) in [7, 11) is 0. The number of Topliss-reactive ketones (excluding diaryl/α,β-unsaturated/α-hetero) is 1. The second-order valence-corrected chi connectivity index (χ2v) is 6.90. The molecule has 2 aliphatic rings. The second-order valence-electron chi connectivity index (χ2n) is 6.90. The van der Waals surface area contributed by atoms with Crippen LogP contribution < -0.4 is 5.32 Å². The molecule has 2 N–H and O–H groups in total. The van der Waals surface area contributed by atoms with Gasteiger partial charge in [-0.1, -0.05) is 0 Å². The Morgan fingerprint density at radius 3 is 2.71 bits per heavy atom. The molecule has 1 fully saturated rings. The van der Waals surface area contributed by atoms with E-state index in [-0.39, 0.29) is 23.6 Å². The van der Waals surface area contributed by atoms with E-state index in [1.165, 1.54) is 0 Å². The number of ketones is 1. The Hall–Kier alpha value is -2.11. The molecule has 1 saturated heterocycles. The Morgan fingerprint density at radius 2 is 2.04 bits per heavy atom. The highest BCUT2D eigenvalue weighted by molar-refractivity contribution is 6.04. The van der Waals surface area contributed by atoms with Crippen molar-refractivity contribution in [1.29, 1.82) is 0 Å². The van der Waals surface area contributed by atoms with Gasteiger partial charge in [-0.3, -0.25) is 14.4 Å². The van der Waals surface area contributed by atoms with Crippen LogP contribution >= 0.6 is 0 Å². The molecule has 0 bridgehead atoms. The largest absolute Gasteiger partial charge is 0.354 e. The first-order chi connectivity index (χ1) is 11.5. The lowest BCUT2D eigenvalue weighted by Gasteiger charge is -2.19. The van der Waals surface area contributed by atoms with Crippen LogP contribution in [0.15, 0.2) is 0 Å². The molecule has 2 amide bonds. The Kier molecular flexibility index (Phi) is 4.73. The van der Waals surface area contributed by atoms with Crippen LogP contribution in [0, 0.1) is 6.92 Å². The van der Waals surface area contributed by atoms with Crippen LogP contribution in [0.1, 0.15) is 71.1 Å². The average molecular weight is 331 g/mol. The first-order valence-electron chi connectivity index (χ1n) is 8.80. The predicted molar refractivity (Wildman–Crippen MR) is 90.2 cm³/mol. The van der Waals surface area contributed by atoms with Gasteiger partial charge in [0.05, 0.1) is 0 Å². The van der Waals surface area contributed by atoms with E-state index in [1.54, 1.807) is 0 Å². The van der Waals surface area contributed by atoms with Crippen molar-refractivity contribution < 1.29 is 14.4 Å². The number of fused-ring (bicyclic) bond motifs is 1. The van der Waals surface area contributed by atoms with Gasteiger partial charge >= 0.3 is 0 Å². The minimum atomic E-state index is -0.171. The first-order valence-corrected chi connectivity index (χ1v) is 8.80. The zero-order chi connectivity index (χ0) is 17.3. The van der Waals surface area contributed by atoms with E-state index in [2.05, 4.69) is 10.3 Å². The summed E-state index contributed by atoms with van der Waals surface area (Å²) < 4.78 is 0. The number of likely N-dealkylation sites (tertiary alicyclic amines) is 1. The quantitative estimate of drug-likeness (QED) is 0.865. The number of H-pyrrole nitrogens is 1. The molecular formula is C18H25N3O3. The minimum absolute atomic E-state index is 0.0265. The highest BCUT2D eigenvalue weighted by atomic mass is 16.2. The summed E-state index contributed by atoms with van der Waals surface area (Å²) in [5.74, 6) is 0.166. The van der Waals surface area contributed by atoms with Gasteiger partial charge in [-0.25, -0.2) is 0 Å². The van der Waals surface area contributed by atoms with Crippen molar-refractivity contribution >= 4 is 17.6 Å². The van der Waals surface area contributed by atoms with Crippen molar-refractivity contribution in [3.63, 3.8) is 0 Å².